The van der Waals surface area contributed by atoms with Gasteiger partial charge in [0.1, 0.15) is 11.4 Å². The van der Waals surface area contributed by atoms with Crippen LogP contribution in [0, 0.1) is 26.2 Å². The van der Waals surface area contributed by atoms with Crippen molar-refractivity contribution in [2.24, 2.45) is 5.73 Å². The zero-order chi connectivity index (χ0) is 35.0. The second-order valence-corrected chi connectivity index (χ2v) is 11.5. The molecule has 254 valence electrons. The molecule has 4 amide bonds. The highest BCUT2D eigenvalue weighted by Crippen LogP contribution is 2.24. The van der Waals surface area contributed by atoms with Gasteiger partial charge in [-0.15, -0.1) is 23.2 Å². The standard InChI is InChI=1S/C31H37Cl2N11O4/c1-16-21(14-37-24(16)29(46)36-11-8-23(34)35)40-30(47)25-17(2)22(15-38-25)41-31(48)27-39-18(3)26(42-27)43-28(45)19-4-6-20(7-5-19)44(12-9-32)13-10-33/h4-7,14-15,37-38H,8-13H2,1-3H3,(H3,34,35)(H,36,46)(H,39,42)(H,40,47)(H,41,48)(H,43,45). The Morgan fingerprint density at radius 2 is 1.40 bits per heavy atom. The van der Waals surface area contributed by atoms with Crippen molar-refractivity contribution in [3.63, 3.8) is 0 Å². The number of aryl methyl sites for hydroxylation is 1. The number of halogens is 2. The minimum Gasteiger partial charge on any atom is -0.388 e. The fourth-order valence-corrected chi connectivity index (χ4v) is 5.16. The molecular weight excluding hydrogens is 661 g/mol. The van der Waals surface area contributed by atoms with Crippen molar-refractivity contribution in [2.75, 3.05) is 52.2 Å². The third-order valence-corrected chi connectivity index (χ3v) is 7.78. The number of alkyl halides is 2. The Bertz CT molecular complexity index is 1800. The Morgan fingerprint density at radius 1 is 0.833 bits per heavy atom. The van der Waals surface area contributed by atoms with Gasteiger partial charge in [-0.05, 0) is 45.0 Å². The van der Waals surface area contributed by atoms with Crippen molar-refractivity contribution in [2.45, 2.75) is 27.2 Å². The number of carbonyl (C=O) groups excluding carboxylic acids is 4. The van der Waals surface area contributed by atoms with Crippen molar-refractivity contribution in [3.05, 3.63) is 76.3 Å². The van der Waals surface area contributed by atoms with E-state index in [9.17, 15) is 19.2 Å². The Balaban J connectivity index is 1.37. The summed E-state index contributed by atoms with van der Waals surface area (Å²) in [6, 6.07) is 7.00. The molecule has 0 spiro atoms. The van der Waals surface area contributed by atoms with E-state index in [1.54, 1.807) is 32.9 Å². The Labute approximate surface area is 286 Å². The van der Waals surface area contributed by atoms with Crippen LogP contribution in [0.4, 0.5) is 22.9 Å². The fourth-order valence-electron chi connectivity index (χ4n) is 4.75. The quantitative estimate of drug-likeness (QED) is 0.0501. The number of benzene rings is 1. The predicted octanol–water partition coefficient (Wildman–Crippen LogP) is 4.09. The molecule has 0 atom stereocenters. The summed E-state index contributed by atoms with van der Waals surface area (Å²) in [6.07, 6.45) is 3.19. The van der Waals surface area contributed by atoms with E-state index in [0.29, 0.717) is 58.6 Å². The lowest BCUT2D eigenvalue weighted by atomic mass is 10.2. The van der Waals surface area contributed by atoms with Crippen molar-refractivity contribution >= 4 is 75.5 Å². The van der Waals surface area contributed by atoms with E-state index in [1.807, 2.05) is 17.0 Å². The van der Waals surface area contributed by atoms with Gasteiger partial charge >= 0.3 is 0 Å². The molecule has 4 aromatic rings. The number of nitrogens with two attached hydrogens (primary N) is 1. The number of nitrogens with one attached hydrogen (secondary N) is 8. The lowest BCUT2D eigenvalue weighted by Gasteiger charge is -2.22. The summed E-state index contributed by atoms with van der Waals surface area (Å²) in [5, 5.41) is 18.1. The fraction of sp³-hybridized carbons (Fsp3) is 0.290. The average molecular weight is 699 g/mol. The number of carbonyl (C=O) groups is 4. The lowest BCUT2D eigenvalue weighted by molar-refractivity contribution is 0.0947. The van der Waals surface area contributed by atoms with Crippen LogP contribution in [0.3, 0.4) is 0 Å². The average Bonchev–Trinajstić information content (AvgIpc) is 3.73. The van der Waals surface area contributed by atoms with E-state index >= 15 is 0 Å². The molecule has 15 nitrogen and oxygen atoms in total. The van der Waals surface area contributed by atoms with Gasteiger partial charge in [-0.25, -0.2) is 4.98 Å². The summed E-state index contributed by atoms with van der Waals surface area (Å²) in [5.74, 6) is -0.876. The highest BCUT2D eigenvalue weighted by Gasteiger charge is 2.22. The van der Waals surface area contributed by atoms with Crippen molar-refractivity contribution in [1.82, 2.24) is 25.3 Å². The summed E-state index contributed by atoms with van der Waals surface area (Å²) in [7, 11) is 0. The third kappa shape index (κ3) is 8.54. The maximum absolute atomic E-state index is 13.1. The molecule has 0 saturated carbocycles. The minimum absolute atomic E-state index is 0.0379. The van der Waals surface area contributed by atoms with E-state index in [0.717, 1.165) is 5.69 Å². The first kappa shape index (κ1) is 35.6. The minimum atomic E-state index is -0.586. The van der Waals surface area contributed by atoms with E-state index < -0.39 is 23.6 Å². The van der Waals surface area contributed by atoms with E-state index in [4.69, 9.17) is 34.3 Å². The normalized spacial score (nSPS) is 10.8. The Kier molecular flexibility index (Phi) is 11.9. The number of anilines is 4. The van der Waals surface area contributed by atoms with Crippen molar-refractivity contribution in [1.29, 1.82) is 5.41 Å². The van der Waals surface area contributed by atoms with E-state index in [1.165, 1.54) is 12.4 Å². The number of imidazole rings is 1. The van der Waals surface area contributed by atoms with Crippen molar-refractivity contribution < 1.29 is 19.2 Å². The molecule has 10 N–H and O–H groups in total. The van der Waals surface area contributed by atoms with Crippen LogP contribution in [-0.4, -0.2) is 80.8 Å². The summed E-state index contributed by atoms with van der Waals surface area (Å²) in [6.45, 7) is 6.46. The molecule has 0 saturated heterocycles. The highest BCUT2D eigenvalue weighted by molar-refractivity contribution is 6.18. The summed E-state index contributed by atoms with van der Waals surface area (Å²) < 4.78 is 0. The zero-order valence-corrected chi connectivity index (χ0v) is 28.1. The molecule has 0 unspecified atom stereocenters. The molecule has 0 aliphatic rings. The first-order valence-corrected chi connectivity index (χ1v) is 15.9. The molecule has 3 heterocycles. The Hall–Kier alpha value is -5.28. The molecule has 4 rings (SSSR count). The number of amides is 4. The monoisotopic (exact) mass is 697 g/mol. The molecule has 17 heteroatoms. The third-order valence-electron chi connectivity index (χ3n) is 7.45. The maximum atomic E-state index is 13.1. The molecule has 0 aliphatic carbocycles. The number of aromatic nitrogens is 4. The smallest absolute Gasteiger partial charge is 0.291 e. The van der Waals surface area contributed by atoms with Crippen LogP contribution >= 0.6 is 23.2 Å². The van der Waals surface area contributed by atoms with Crippen LogP contribution in [0.5, 0.6) is 0 Å². The number of aromatic amines is 3. The SMILES string of the molecule is Cc1[nH]c(C(=O)Nc2c[nH]c(C(=O)Nc3c[nH]c(C(=O)NCCC(=N)N)c3C)c2C)nc1NC(=O)c1ccc(N(CCCl)CCCl)cc1. The van der Waals surface area contributed by atoms with Gasteiger partial charge in [-0.3, -0.25) is 24.6 Å². The van der Waals surface area contributed by atoms with Gasteiger partial charge in [-0.2, -0.15) is 0 Å². The van der Waals surface area contributed by atoms with Crippen LogP contribution in [0.2, 0.25) is 0 Å². The summed E-state index contributed by atoms with van der Waals surface area (Å²) in [4.78, 5) is 66.4. The number of amidine groups is 1. The number of hydrogen-bond acceptors (Lipinski definition) is 7. The van der Waals surface area contributed by atoms with Crippen LogP contribution in [0.15, 0.2) is 36.7 Å². The second kappa shape index (κ2) is 16.0. The van der Waals surface area contributed by atoms with Gasteiger partial charge in [0, 0.05) is 72.6 Å². The topological polar surface area (TPSA) is 230 Å². The van der Waals surface area contributed by atoms with Crippen LogP contribution < -0.4 is 31.9 Å². The lowest BCUT2D eigenvalue weighted by Crippen LogP contribution is -2.28. The second-order valence-electron chi connectivity index (χ2n) is 10.8. The molecule has 1 aromatic carbocycles. The molecule has 0 fully saturated rings. The van der Waals surface area contributed by atoms with Gasteiger partial charge in [0.15, 0.2) is 11.6 Å². The summed E-state index contributed by atoms with van der Waals surface area (Å²) >= 11 is 11.8. The first-order valence-electron chi connectivity index (χ1n) is 14.9. The first-order chi connectivity index (χ1) is 22.9. The van der Waals surface area contributed by atoms with Gasteiger partial charge in [0.25, 0.3) is 23.6 Å². The van der Waals surface area contributed by atoms with Gasteiger partial charge in [0.2, 0.25) is 0 Å². The van der Waals surface area contributed by atoms with E-state index in [-0.39, 0.29) is 41.8 Å². The summed E-state index contributed by atoms with van der Waals surface area (Å²) in [5.41, 5.74) is 9.27. The largest absolute Gasteiger partial charge is 0.388 e. The zero-order valence-electron chi connectivity index (χ0n) is 26.6. The molecule has 3 aromatic heterocycles. The van der Waals surface area contributed by atoms with Crippen LogP contribution in [0.25, 0.3) is 0 Å². The molecular formula is C31H37Cl2N11O4. The van der Waals surface area contributed by atoms with Crippen molar-refractivity contribution in [3.8, 4) is 0 Å². The number of H-pyrrole nitrogens is 3. The van der Waals surface area contributed by atoms with Crippen LogP contribution in [0.1, 0.15) is 65.2 Å². The number of hydrogen-bond donors (Lipinski definition) is 9. The van der Waals surface area contributed by atoms with Gasteiger partial charge in [0.05, 0.1) is 22.9 Å². The molecule has 0 aliphatic heterocycles. The Morgan fingerprint density at radius 3 is 1.96 bits per heavy atom. The molecule has 48 heavy (non-hydrogen) atoms. The molecule has 0 bridgehead atoms. The van der Waals surface area contributed by atoms with E-state index in [2.05, 4.69) is 41.2 Å². The van der Waals surface area contributed by atoms with Gasteiger partial charge < -0.3 is 46.9 Å². The number of nitrogens with zero attached hydrogens (tertiary/aromatic N) is 2. The predicted molar refractivity (Wildman–Crippen MR) is 187 cm³/mol. The van der Waals surface area contributed by atoms with Gasteiger partial charge in [-0.1, -0.05) is 0 Å². The highest BCUT2D eigenvalue weighted by atomic mass is 35.5. The maximum Gasteiger partial charge on any atom is 0.291 e. The molecule has 0 radical (unpaired) electrons. The number of rotatable bonds is 15. The van der Waals surface area contributed by atoms with Crippen LogP contribution in [-0.2, 0) is 0 Å².